The number of piperazine rings is 1. The molecule has 0 bridgehead atoms. The summed E-state index contributed by atoms with van der Waals surface area (Å²) in [6, 6.07) is 12.0. The van der Waals surface area contributed by atoms with E-state index in [-0.39, 0.29) is 11.8 Å². The highest BCUT2D eigenvalue weighted by molar-refractivity contribution is 6.43. The molecule has 1 amide bonds. The fourth-order valence-corrected chi connectivity index (χ4v) is 5.46. The molecule has 1 N–H and O–H groups in total. The number of benzene rings is 2. The summed E-state index contributed by atoms with van der Waals surface area (Å²) in [5.41, 5.74) is 3.24. The lowest BCUT2D eigenvalue weighted by atomic mass is 9.67. The summed E-state index contributed by atoms with van der Waals surface area (Å²) in [5.74, 6) is 1.60. The number of hydrogen-bond donors (Lipinski definition) is 1. The molecular weight excluding hydrogens is 445 g/mol. The molecule has 2 atom stereocenters. The number of halogens is 2. The number of hydrogen-bond acceptors (Lipinski definition) is 4. The third-order valence-corrected chi connectivity index (χ3v) is 7.88. The van der Waals surface area contributed by atoms with Crippen molar-refractivity contribution in [2.75, 3.05) is 49.5 Å². The van der Waals surface area contributed by atoms with Crippen LogP contribution in [0.15, 0.2) is 36.4 Å². The van der Waals surface area contributed by atoms with Crippen molar-refractivity contribution in [3.8, 4) is 5.75 Å². The van der Waals surface area contributed by atoms with Crippen molar-refractivity contribution in [2.45, 2.75) is 31.6 Å². The predicted molar refractivity (Wildman–Crippen MR) is 130 cm³/mol. The second kappa shape index (κ2) is 9.50. The van der Waals surface area contributed by atoms with Crippen molar-refractivity contribution < 1.29 is 9.53 Å². The van der Waals surface area contributed by atoms with Crippen LogP contribution >= 0.6 is 23.2 Å². The van der Waals surface area contributed by atoms with Gasteiger partial charge in [0.1, 0.15) is 5.75 Å². The van der Waals surface area contributed by atoms with Crippen LogP contribution in [-0.4, -0.2) is 50.1 Å². The van der Waals surface area contributed by atoms with Crippen LogP contribution in [0.3, 0.4) is 0 Å². The Hall–Kier alpha value is -1.95. The molecule has 2 unspecified atom stereocenters. The van der Waals surface area contributed by atoms with E-state index in [4.69, 9.17) is 27.9 Å². The van der Waals surface area contributed by atoms with Gasteiger partial charge in [-0.3, -0.25) is 9.69 Å². The molecule has 32 heavy (non-hydrogen) atoms. The number of rotatable bonds is 7. The molecule has 0 aromatic heterocycles. The highest BCUT2D eigenvalue weighted by atomic mass is 35.5. The van der Waals surface area contributed by atoms with Gasteiger partial charge in [-0.15, -0.1) is 0 Å². The zero-order chi connectivity index (χ0) is 22.1. The van der Waals surface area contributed by atoms with Gasteiger partial charge in [0.2, 0.25) is 5.91 Å². The summed E-state index contributed by atoms with van der Waals surface area (Å²) < 4.78 is 5.97. The van der Waals surface area contributed by atoms with E-state index in [2.05, 4.69) is 21.2 Å². The van der Waals surface area contributed by atoms with Gasteiger partial charge in [0.15, 0.2) is 0 Å². The Morgan fingerprint density at radius 3 is 2.59 bits per heavy atom. The summed E-state index contributed by atoms with van der Waals surface area (Å²) in [5, 5.41) is 4.31. The normalized spacial score (nSPS) is 22.6. The van der Waals surface area contributed by atoms with Crippen LogP contribution < -0.4 is 15.0 Å². The Kier molecular flexibility index (Phi) is 6.49. The smallest absolute Gasteiger partial charge is 0.228 e. The lowest BCUT2D eigenvalue weighted by Gasteiger charge is -2.40. The molecule has 170 valence electrons. The maximum atomic E-state index is 12.1. The minimum atomic E-state index is 0.170. The first-order chi connectivity index (χ1) is 15.6. The molecule has 2 aromatic carbocycles. The molecule has 1 saturated heterocycles. The SMILES string of the molecule is O=C1Nc2cc(OCCCCN3CCN(c4cccc(Cl)c4Cl)CC3)ccc2C2CCC12. The Labute approximate surface area is 199 Å². The van der Waals surface area contributed by atoms with Gasteiger partial charge in [0.05, 0.1) is 22.3 Å². The molecule has 7 heteroatoms. The van der Waals surface area contributed by atoms with E-state index < -0.39 is 0 Å². The van der Waals surface area contributed by atoms with Crippen molar-refractivity contribution in [2.24, 2.45) is 5.92 Å². The molecule has 2 aliphatic heterocycles. The lowest BCUT2D eigenvalue weighted by molar-refractivity contribution is -0.123. The van der Waals surface area contributed by atoms with Crippen molar-refractivity contribution in [3.05, 3.63) is 52.0 Å². The molecule has 5 nitrogen and oxygen atoms in total. The van der Waals surface area contributed by atoms with Crippen LogP contribution in [0.5, 0.6) is 5.75 Å². The molecule has 2 aromatic rings. The van der Waals surface area contributed by atoms with Crippen LogP contribution in [0, 0.1) is 5.92 Å². The lowest BCUT2D eigenvalue weighted by Crippen LogP contribution is -2.46. The van der Waals surface area contributed by atoms with Crippen molar-refractivity contribution in [1.82, 2.24) is 4.90 Å². The number of anilines is 2. The summed E-state index contributed by atoms with van der Waals surface area (Å²) >= 11 is 12.5. The highest BCUT2D eigenvalue weighted by Gasteiger charge is 2.42. The molecular formula is C25H29Cl2N3O2. The van der Waals surface area contributed by atoms with Gasteiger partial charge in [-0.2, -0.15) is 0 Å². The summed E-state index contributed by atoms with van der Waals surface area (Å²) in [4.78, 5) is 17.0. The second-order valence-electron chi connectivity index (χ2n) is 8.99. The number of fused-ring (bicyclic) bond motifs is 3. The Morgan fingerprint density at radius 1 is 1.00 bits per heavy atom. The first-order valence-electron chi connectivity index (χ1n) is 11.6. The fraction of sp³-hybridized carbons (Fsp3) is 0.480. The number of unbranched alkanes of at least 4 members (excludes halogenated alkanes) is 1. The molecule has 0 radical (unpaired) electrons. The number of amides is 1. The van der Waals surface area contributed by atoms with Gasteiger partial charge in [-0.1, -0.05) is 35.3 Å². The molecule has 5 rings (SSSR count). The number of nitrogens with one attached hydrogen (secondary N) is 1. The van der Waals surface area contributed by atoms with Crippen LogP contribution in [0.1, 0.15) is 37.2 Å². The largest absolute Gasteiger partial charge is 0.494 e. The van der Waals surface area contributed by atoms with E-state index in [1.165, 1.54) is 5.56 Å². The van der Waals surface area contributed by atoms with Gasteiger partial charge in [0.25, 0.3) is 0 Å². The molecule has 1 saturated carbocycles. The zero-order valence-corrected chi connectivity index (χ0v) is 19.7. The average Bonchev–Trinajstić information content (AvgIpc) is 2.76. The molecule has 0 spiro atoms. The zero-order valence-electron chi connectivity index (χ0n) is 18.2. The van der Waals surface area contributed by atoms with Gasteiger partial charge in [-0.25, -0.2) is 0 Å². The maximum Gasteiger partial charge on any atom is 0.228 e. The van der Waals surface area contributed by atoms with E-state index >= 15 is 0 Å². The van der Waals surface area contributed by atoms with Crippen molar-refractivity contribution in [1.29, 1.82) is 0 Å². The van der Waals surface area contributed by atoms with E-state index in [0.29, 0.717) is 22.6 Å². The summed E-state index contributed by atoms with van der Waals surface area (Å²) in [6.45, 7) is 5.73. The first kappa shape index (κ1) is 21.9. The Morgan fingerprint density at radius 2 is 1.81 bits per heavy atom. The van der Waals surface area contributed by atoms with Crippen molar-refractivity contribution in [3.63, 3.8) is 0 Å². The average molecular weight is 474 g/mol. The predicted octanol–water partition coefficient (Wildman–Crippen LogP) is 5.42. The summed E-state index contributed by atoms with van der Waals surface area (Å²) in [7, 11) is 0. The van der Waals surface area contributed by atoms with E-state index in [9.17, 15) is 4.79 Å². The third-order valence-electron chi connectivity index (χ3n) is 7.07. The standard InChI is InChI=1S/C25H29Cl2N3O2/c26-21-4-3-5-23(24(21)27)30-13-11-29(12-14-30)10-1-2-15-32-17-6-7-19-18-8-9-20(18)25(31)28-22(19)16-17/h3-7,16,18,20H,1-2,8-15H2,(H,28,31). The van der Waals surface area contributed by atoms with E-state index in [0.717, 1.165) is 75.5 Å². The number of carbonyl (C=O) groups is 1. The first-order valence-corrected chi connectivity index (χ1v) is 12.3. The van der Waals surface area contributed by atoms with Crippen LogP contribution in [0.2, 0.25) is 10.0 Å². The Bertz CT molecular complexity index is 991. The van der Waals surface area contributed by atoms with Crippen molar-refractivity contribution >= 4 is 40.5 Å². The number of nitrogens with zero attached hydrogens (tertiary/aromatic N) is 2. The van der Waals surface area contributed by atoms with E-state index in [1.54, 1.807) is 0 Å². The number of ether oxygens (including phenoxy) is 1. The van der Waals surface area contributed by atoms with Gasteiger partial charge in [0, 0.05) is 43.9 Å². The fourth-order valence-electron chi connectivity index (χ4n) is 5.04. The van der Waals surface area contributed by atoms with Gasteiger partial charge >= 0.3 is 0 Å². The van der Waals surface area contributed by atoms with Crippen LogP contribution in [-0.2, 0) is 4.79 Å². The van der Waals surface area contributed by atoms with E-state index in [1.807, 2.05) is 30.3 Å². The Balaban J connectivity index is 1.03. The minimum absolute atomic E-state index is 0.170. The minimum Gasteiger partial charge on any atom is -0.494 e. The van der Waals surface area contributed by atoms with Gasteiger partial charge in [-0.05, 0) is 61.9 Å². The quantitative estimate of drug-likeness (QED) is 0.545. The topological polar surface area (TPSA) is 44.8 Å². The maximum absolute atomic E-state index is 12.1. The summed E-state index contributed by atoms with van der Waals surface area (Å²) in [6.07, 6.45) is 4.24. The second-order valence-corrected chi connectivity index (χ2v) is 9.77. The highest BCUT2D eigenvalue weighted by Crippen LogP contribution is 2.49. The molecule has 2 heterocycles. The molecule has 2 fully saturated rings. The van der Waals surface area contributed by atoms with Crippen LogP contribution in [0.4, 0.5) is 11.4 Å². The monoisotopic (exact) mass is 473 g/mol. The number of carbonyl (C=O) groups excluding carboxylic acids is 1. The molecule has 3 aliphatic rings. The van der Waals surface area contributed by atoms with Gasteiger partial charge < -0.3 is 15.0 Å². The third kappa shape index (κ3) is 4.43. The molecule has 1 aliphatic carbocycles. The van der Waals surface area contributed by atoms with Crippen LogP contribution in [0.25, 0.3) is 0 Å².